The van der Waals surface area contributed by atoms with Gasteiger partial charge in [0.15, 0.2) is 0 Å². The highest BCUT2D eigenvalue weighted by atomic mass is 35.5. The minimum Gasteiger partial charge on any atom is -0.393 e. The van der Waals surface area contributed by atoms with E-state index in [1.54, 1.807) is 0 Å². The maximum Gasteiger partial charge on any atom is 0.126 e. The van der Waals surface area contributed by atoms with Gasteiger partial charge in [-0.05, 0) is 50.8 Å². The van der Waals surface area contributed by atoms with Crippen LogP contribution in [-0.4, -0.2) is 26.8 Å². The second-order valence-electron chi connectivity index (χ2n) is 6.06. The van der Waals surface area contributed by atoms with E-state index in [9.17, 15) is 5.11 Å². The number of nitrogens with one attached hydrogen (secondary N) is 1. The molecule has 4 nitrogen and oxygen atoms in total. The van der Waals surface area contributed by atoms with Gasteiger partial charge in [-0.2, -0.15) is 0 Å². The van der Waals surface area contributed by atoms with Gasteiger partial charge in [0.2, 0.25) is 0 Å². The summed E-state index contributed by atoms with van der Waals surface area (Å²) in [5.41, 5.74) is 2.04. The molecule has 1 aliphatic rings. The van der Waals surface area contributed by atoms with Crippen LogP contribution in [0, 0.1) is 0 Å². The number of aliphatic hydroxyl groups is 1. The first kappa shape index (κ1) is 14.8. The number of benzene rings is 1. The van der Waals surface area contributed by atoms with Crippen molar-refractivity contribution in [3.05, 3.63) is 29.0 Å². The maximum absolute atomic E-state index is 9.59. The first-order valence-corrected chi connectivity index (χ1v) is 7.98. The molecule has 1 heterocycles. The van der Waals surface area contributed by atoms with Crippen LogP contribution in [-0.2, 0) is 7.05 Å². The van der Waals surface area contributed by atoms with E-state index in [-0.39, 0.29) is 12.1 Å². The summed E-state index contributed by atoms with van der Waals surface area (Å²) in [7, 11) is 2.03. The Balaban J connectivity index is 1.78. The highest BCUT2D eigenvalue weighted by Gasteiger charge is 2.23. The van der Waals surface area contributed by atoms with E-state index in [4.69, 9.17) is 16.6 Å². The van der Waals surface area contributed by atoms with E-state index >= 15 is 0 Å². The van der Waals surface area contributed by atoms with Gasteiger partial charge in [-0.3, -0.25) is 0 Å². The summed E-state index contributed by atoms with van der Waals surface area (Å²) >= 11 is 6.07. The van der Waals surface area contributed by atoms with Gasteiger partial charge < -0.3 is 15.0 Å². The summed E-state index contributed by atoms with van der Waals surface area (Å²) in [6, 6.07) is 6.44. The summed E-state index contributed by atoms with van der Waals surface area (Å²) < 4.78 is 2.11. The molecule has 1 aromatic carbocycles. The van der Waals surface area contributed by atoms with Gasteiger partial charge in [-0.25, -0.2) is 4.98 Å². The zero-order valence-corrected chi connectivity index (χ0v) is 13.3. The molecule has 0 spiro atoms. The Hall–Kier alpha value is -1.10. The van der Waals surface area contributed by atoms with E-state index in [0.717, 1.165) is 47.6 Å². The molecular weight excluding hydrogens is 286 g/mol. The Kier molecular flexibility index (Phi) is 4.20. The molecule has 0 amide bonds. The SMILES string of the molecule is CC(NC1CCC(O)CC1)c1nc2ccc(Cl)cc2n1C. The number of imidazole rings is 1. The molecule has 2 aromatic rings. The average molecular weight is 308 g/mol. The van der Waals surface area contributed by atoms with Crippen LogP contribution in [0.15, 0.2) is 18.2 Å². The topological polar surface area (TPSA) is 50.1 Å². The van der Waals surface area contributed by atoms with Gasteiger partial charge in [0.25, 0.3) is 0 Å². The van der Waals surface area contributed by atoms with Crippen molar-refractivity contribution >= 4 is 22.6 Å². The fraction of sp³-hybridized carbons (Fsp3) is 0.562. The first-order valence-electron chi connectivity index (χ1n) is 7.60. The van der Waals surface area contributed by atoms with E-state index in [0.29, 0.717) is 6.04 Å². The van der Waals surface area contributed by atoms with E-state index in [2.05, 4.69) is 16.8 Å². The zero-order chi connectivity index (χ0) is 15.0. The Morgan fingerprint density at radius 1 is 1.33 bits per heavy atom. The molecule has 2 N–H and O–H groups in total. The van der Waals surface area contributed by atoms with Gasteiger partial charge >= 0.3 is 0 Å². The number of nitrogens with zero attached hydrogens (tertiary/aromatic N) is 2. The van der Waals surface area contributed by atoms with Gasteiger partial charge in [0, 0.05) is 18.1 Å². The summed E-state index contributed by atoms with van der Waals surface area (Å²) in [6.07, 6.45) is 3.73. The molecule has 114 valence electrons. The van der Waals surface area contributed by atoms with E-state index in [1.807, 2.05) is 25.2 Å². The normalized spacial score (nSPS) is 24.4. The predicted molar refractivity (Wildman–Crippen MR) is 85.5 cm³/mol. The number of rotatable bonds is 3. The lowest BCUT2D eigenvalue weighted by Gasteiger charge is -2.28. The van der Waals surface area contributed by atoms with Crippen LogP contribution >= 0.6 is 11.6 Å². The number of aliphatic hydroxyl groups excluding tert-OH is 1. The molecule has 21 heavy (non-hydrogen) atoms. The lowest BCUT2D eigenvalue weighted by atomic mass is 9.92. The van der Waals surface area contributed by atoms with Crippen molar-refractivity contribution in [3.8, 4) is 0 Å². The Labute approximate surface area is 130 Å². The summed E-state index contributed by atoms with van der Waals surface area (Å²) in [5.74, 6) is 1.03. The molecule has 1 aromatic heterocycles. The molecule has 1 saturated carbocycles. The molecule has 0 radical (unpaired) electrons. The molecule has 0 aliphatic heterocycles. The highest BCUT2D eigenvalue weighted by molar-refractivity contribution is 6.31. The van der Waals surface area contributed by atoms with Crippen molar-refractivity contribution in [1.82, 2.24) is 14.9 Å². The van der Waals surface area contributed by atoms with E-state index in [1.165, 1.54) is 0 Å². The number of hydrogen-bond acceptors (Lipinski definition) is 3. The number of aromatic nitrogens is 2. The lowest BCUT2D eigenvalue weighted by Crippen LogP contribution is -2.36. The highest BCUT2D eigenvalue weighted by Crippen LogP contribution is 2.25. The van der Waals surface area contributed by atoms with Crippen molar-refractivity contribution in [2.45, 2.75) is 50.8 Å². The van der Waals surface area contributed by atoms with Crippen molar-refractivity contribution in [3.63, 3.8) is 0 Å². The van der Waals surface area contributed by atoms with Crippen molar-refractivity contribution < 1.29 is 5.11 Å². The Morgan fingerprint density at radius 2 is 2.05 bits per heavy atom. The van der Waals surface area contributed by atoms with Crippen LogP contribution in [0.25, 0.3) is 11.0 Å². The number of hydrogen-bond donors (Lipinski definition) is 2. The zero-order valence-electron chi connectivity index (χ0n) is 12.5. The smallest absolute Gasteiger partial charge is 0.126 e. The summed E-state index contributed by atoms with van der Waals surface area (Å²) in [4.78, 5) is 4.73. The van der Waals surface area contributed by atoms with Crippen LogP contribution < -0.4 is 5.32 Å². The third-order valence-corrected chi connectivity index (χ3v) is 4.68. The summed E-state index contributed by atoms with van der Waals surface area (Å²) in [6.45, 7) is 2.15. The monoisotopic (exact) mass is 307 g/mol. The van der Waals surface area contributed by atoms with Crippen LogP contribution in [0.4, 0.5) is 0 Å². The predicted octanol–water partition coefficient (Wildman–Crippen LogP) is 3.18. The standard InChI is InChI=1S/C16H22ClN3O/c1-10(18-12-4-6-13(21)7-5-12)16-19-14-8-3-11(17)9-15(14)20(16)2/h3,8-10,12-13,18,21H,4-7H2,1-2H3. The molecule has 1 unspecified atom stereocenters. The Bertz CT molecular complexity index is 632. The van der Waals surface area contributed by atoms with Crippen LogP contribution in [0.3, 0.4) is 0 Å². The fourth-order valence-electron chi connectivity index (χ4n) is 3.24. The Morgan fingerprint density at radius 3 is 2.76 bits per heavy atom. The van der Waals surface area contributed by atoms with Crippen LogP contribution in [0.5, 0.6) is 0 Å². The molecule has 1 atom stereocenters. The molecule has 0 saturated heterocycles. The first-order chi connectivity index (χ1) is 10.0. The molecule has 0 bridgehead atoms. The second-order valence-corrected chi connectivity index (χ2v) is 6.49. The average Bonchev–Trinajstić information content (AvgIpc) is 2.79. The van der Waals surface area contributed by atoms with E-state index < -0.39 is 0 Å². The third kappa shape index (κ3) is 3.07. The van der Waals surface area contributed by atoms with Crippen LogP contribution in [0.1, 0.15) is 44.5 Å². The molecule has 5 heteroatoms. The number of fused-ring (bicyclic) bond motifs is 1. The second kappa shape index (κ2) is 5.95. The molecular formula is C16H22ClN3O. The quantitative estimate of drug-likeness (QED) is 0.915. The lowest BCUT2D eigenvalue weighted by molar-refractivity contribution is 0.114. The molecule has 1 fully saturated rings. The van der Waals surface area contributed by atoms with Gasteiger partial charge in [0.1, 0.15) is 5.82 Å². The minimum atomic E-state index is -0.115. The van der Waals surface area contributed by atoms with Gasteiger partial charge in [0.05, 0.1) is 23.2 Å². The van der Waals surface area contributed by atoms with Crippen LogP contribution in [0.2, 0.25) is 5.02 Å². The van der Waals surface area contributed by atoms with Gasteiger partial charge in [-0.1, -0.05) is 11.6 Å². The number of aryl methyl sites for hydroxylation is 1. The maximum atomic E-state index is 9.59. The molecule has 3 rings (SSSR count). The van der Waals surface area contributed by atoms with Crippen molar-refractivity contribution in [1.29, 1.82) is 0 Å². The fourth-order valence-corrected chi connectivity index (χ4v) is 3.41. The van der Waals surface area contributed by atoms with Crippen molar-refractivity contribution in [2.75, 3.05) is 0 Å². The largest absolute Gasteiger partial charge is 0.393 e. The van der Waals surface area contributed by atoms with Gasteiger partial charge in [-0.15, -0.1) is 0 Å². The summed E-state index contributed by atoms with van der Waals surface area (Å²) in [5, 5.41) is 14.0. The number of halogens is 1. The third-order valence-electron chi connectivity index (χ3n) is 4.45. The van der Waals surface area contributed by atoms with Crippen molar-refractivity contribution in [2.24, 2.45) is 7.05 Å². The minimum absolute atomic E-state index is 0.115. The molecule has 1 aliphatic carbocycles.